The van der Waals surface area contributed by atoms with Crippen molar-refractivity contribution < 1.29 is 18.3 Å². The molecule has 116 valence electrons. The molecule has 0 saturated carbocycles. The van der Waals surface area contributed by atoms with E-state index in [0.717, 1.165) is 11.3 Å². The summed E-state index contributed by atoms with van der Waals surface area (Å²) < 4.78 is 28.3. The second-order valence-corrected chi connectivity index (χ2v) is 4.67. The molecule has 0 aromatic heterocycles. The number of amides is 1. The summed E-state index contributed by atoms with van der Waals surface area (Å²) in [6.07, 6.45) is 0. The first-order valence-corrected chi connectivity index (χ1v) is 6.68. The number of aryl methyl sites for hydroxylation is 1. The third-order valence-corrected chi connectivity index (χ3v) is 2.87. The van der Waals surface area contributed by atoms with Gasteiger partial charge in [-0.05, 0) is 43.3 Å². The molecule has 0 aliphatic heterocycles. The van der Waals surface area contributed by atoms with Crippen LogP contribution in [0.25, 0.3) is 0 Å². The van der Waals surface area contributed by atoms with E-state index >= 15 is 0 Å². The molecule has 0 fully saturated rings. The van der Waals surface area contributed by atoms with Crippen molar-refractivity contribution in [3.8, 4) is 5.75 Å². The van der Waals surface area contributed by atoms with Crippen LogP contribution in [-0.4, -0.2) is 19.1 Å². The van der Waals surface area contributed by atoms with Crippen LogP contribution in [0.3, 0.4) is 0 Å². The first kappa shape index (κ1) is 15.8. The monoisotopic (exact) mass is 306 g/mol. The zero-order valence-corrected chi connectivity index (χ0v) is 12.0. The fourth-order valence-electron chi connectivity index (χ4n) is 1.78. The number of ether oxygens (including phenoxy) is 1. The first-order chi connectivity index (χ1) is 10.5. The molecular weight excluding hydrogens is 290 g/mol. The van der Waals surface area contributed by atoms with Gasteiger partial charge in [0.2, 0.25) is 5.91 Å². The molecular formula is C16H16F2N2O2. The summed E-state index contributed by atoms with van der Waals surface area (Å²) in [5.74, 6) is -0.124. The predicted molar refractivity (Wildman–Crippen MR) is 81.4 cm³/mol. The predicted octanol–water partition coefficient (Wildman–Crippen LogP) is 3.65. The summed E-state index contributed by atoms with van der Waals surface area (Å²) in [4.78, 5) is 11.8. The lowest BCUT2D eigenvalue weighted by atomic mass is 10.2. The smallest absolute Gasteiger partial charge is 0.387 e. The molecule has 0 bridgehead atoms. The Bertz CT molecular complexity index is 613. The second kappa shape index (κ2) is 7.40. The van der Waals surface area contributed by atoms with Crippen LogP contribution in [0.15, 0.2) is 48.5 Å². The van der Waals surface area contributed by atoms with Gasteiger partial charge < -0.3 is 15.4 Å². The van der Waals surface area contributed by atoms with Crippen molar-refractivity contribution >= 4 is 17.3 Å². The molecule has 0 radical (unpaired) electrons. The fourth-order valence-corrected chi connectivity index (χ4v) is 1.78. The number of carbonyl (C=O) groups excluding carboxylic acids is 1. The molecule has 0 saturated heterocycles. The lowest BCUT2D eigenvalue weighted by molar-refractivity contribution is -0.114. The normalized spacial score (nSPS) is 10.4. The number of carbonyl (C=O) groups is 1. The van der Waals surface area contributed by atoms with Crippen LogP contribution in [0.2, 0.25) is 0 Å². The fraction of sp³-hybridized carbons (Fsp3) is 0.188. The Balaban J connectivity index is 1.81. The highest BCUT2D eigenvalue weighted by Gasteiger charge is 2.05. The Hall–Kier alpha value is -2.63. The highest BCUT2D eigenvalue weighted by Crippen LogP contribution is 2.17. The number of halogens is 2. The number of benzene rings is 2. The first-order valence-electron chi connectivity index (χ1n) is 6.68. The number of nitrogens with one attached hydrogen (secondary N) is 2. The van der Waals surface area contributed by atoms with Crippen molar-refractivity contribution in [1.29, 1.82) is 0 Å². The topological polar surface area (TPSA) is 50.4 Å². The lowest BCUT2D eigenvalue weighted by Crippen LogP contribution is -2.21. The van der Waals surface area contributed by atoms with E-state index in [1.54, 1.807) is 12.1 Å². The van der Waals surface area contributed by atoms with Crippen molar-refractivity contribution in [2.75, 3.05) is 17.2 Å². The van der Waals surface area contributed by atoms with E-state index in [0.29, 0.717) is 5.69 Å². The minimum absolute atomic E-state index is 0.0723. The molecule has 4 nitrogen and oxygen atoms in total. The molecule has 0 spiro atoms. The molecule has 0 atom stereocenters. The van der Waals surface area contributed by atoms with Crippen molar-refractivity contribution in [1.82, 2.24) is 0 Å². The SMILES string of the molecule is Cc1ccc(NC(=O)CNc2ccc(OC(F)F)cc2)cc1. The summed E-state index contributed by atoms with van der Waals surface area (Å²) in [5.41, 5.74) is 2.47. The lowest BCUT2D eigenvalue weighted by Gasteiger charge is -2.09. The number of anilines is 2. The van der Waals surface area contributed by atoms with Gasteiger partial charge in [0.05, 0.1) is 6.54 Å². The highest BCUT2D eigenvalue weighted by molar-refractivity contribution is 5.93. The van der Waals surface area contributed by atoms with Crippen molar-refractivity contribution in [2.45, 2.75) is 13.5 Å². The molecule has 2 aromatic carbocycles. The van der Waals surface area contributed by atoms with E-state index in [4.69, 9.17) is 0 Å². The van der Waals surface area contributed by atoms with Crippen LogP contribution in [0, 0.1) is 6.92 Å². The number of hydrogen-bond acceptors (Lipinski definition) is 3. The molecule has 2 rings (SSSR count). The van der Waals surface area contributed by atoms with Crippen LogP contribution in [0.4, 0.5) is 20.2 Å². The van der Waals surface area contributed by atoms with Crippen LogP contribution in [0.5, 0.6) is 5.75 Å². The average molecular weight is 306 g/mol. The molecule has 2 aromatic rings. The third kappa shape index (κ3) is 5.05. The van der Waals surface area contributed by atoms with Gasteiger partial charge in [0.15, 0.2) is 0 Å². The molecule has 0 heterocycles. The van der Waals surface area contributed by atoms with E-state index in [-0.39, 0.29) is 18.2 Å². The van der Waals surface area contributed by atoms with Crippen molar-refractivity contribution in [2.24, 2.45) is 0 Å². The standard InChI is InChI=1S/C16H16F2N2O2/c1-11-2-4-13(5-3-11)20-15(21)10-19-12-6-8-14(9-7-12)22-16(17)18/h2-9,16,19H,10H2,1H3,(H,20,21). The van der Waals surface area contributed by atoms with Gasteiger partial charge in [0.25, 0.3) is 0 Å². The van der Waals surface area contributed by atoms with E-state index in [1.165, 1.54) is 12.1 Å². The van der Waals surface area contributed by atoms with Gasteiger partial charge in [-0.2, -0.15) is 8.78 Å². The Morgan fingerprint density at radius 1 is 1.05 bits per heavy atom. The van der Waals surface area contributed by atoms with Gasteiger partial charge in [-0.3, -0.25) is 4.79 Å². The van der Waals surface area contributed by atoms with Crippen LogP contribution in [0.1, 0.15) is 5.56 Å². The molecule has 1 amide bonds. The quantitative estimate of drug-likeness (QED) is 0.856. The molecule has 0 aliphatic carbocycles. The number of alkyl halides is 2. The number of hydrogen-bond donors (Lipinski definition) is 2. The zero-order valence-electron chi connectivity index (χ0n) is 12.0. The van der Waals surface area contributed by atoms with Gasteiger partial charge >= 0.3 is 6.61 Å². The largest absolute Gasteiger partial charge is 0.435 e. The highest BCUT2D eigenvalue weighted by atomic mass is 19.3. The van der Waals surface area contributed by atoms with Crippen LogP contribution >= 0.6 is 0 Å². The van der Waals surface area contributed by atoms with Crippen molar-refractivity contribution in [3.05, 3.63) is 54.1 Å². The molecule has 0 unspecified atom stereocenters. The third-order valence-electron chi connectivity index (χ3n) is 2.87. The maximum Gasteiger partial charge on any atom is 0.387 e. The summed E-state index contributed by atoms with van der Waals surface area (Å²) in [5, 5.41) is 5.65. The maximum absolute atomic E-state index is 12.0. The van der Waals surface area contributed by atoms with Gasteiger partial charge in [0.1, 0.15) is 5.75 Å². The van der Waals surface area contributed by atoms with Crippen LogP contribution in [-0.2, 0) is 4.79 Å². The van der Waals surface area contributed by atoms with Crippen molar-refractivity contribution in [3.63, 3.8) is 0 Å². The number of rotatable bonds is 6. The second-order valence-electron chi connectivity index (χ2n) is 4.67. The maximum atomic E-state index is 12.0. The molecule has 22 heavy (non-hydrogen) atoms. The van der Waals surface area contributed by atoms with E-state index in [9.17, 15) is 13.6 Å². The van der Waals surface area contributed by atoms with Gasteiger partial charge in [-0.1, -0.05) is 17.7 Å². The summed E-state index contributed by atoms with van der Waals surface area (Å²) in [6.45, 7) is -0.809. The summed E-state index contributed by atoms with van der Waals surface area (Å²) in [7, 11) is 0. The van der Waals surface area contributed by atoms with E-state index < -0.39 is 6.61 Å². The average Bonchev–Trinajstić information content (AvgIpc) is 2.48. The summed E-state index contributed by atoms with van der Waals surface area (Å²) >= 11 is 0. The van der Waals surface area contributed by atoms with E-state index in [2.05, 4.69) is 15.4 Å². The molecule has 2 N–H and O–H groups in total. The summed E-state index contributed by atoms with van der Waals surface area (Å²) in [6, 6.07) is 13.4. The Morgan fingerprint density at radius 3 is 2.23 bits per heavy atom. The zero-order chi connectivity index (χ0) is 15.9. The van der Waals surface area contributed by atoms with Crippen LogP contribution < -0.4 is 15.4 Å². The van der Waals surface area contributed by atoms with E-state index in [1.807, 2.05) is 31.2 Å². The van der Waals surface area contributed by atoms with Gasteiger partial charge in [-0.25, -0.2) is 0 Å². The minimum Gasteiger partial charge on any atom is -0.435 e. The van der Waals surface area contributed by atoms with Gasteiger partial charge in [0, 0.05) is 11.4 Å². The molecule has 0 aliphatic rings. The minimum atomic E-state index is -2.85. The van der Waals surface area contributed by atoms with Gasteiger partial charge in [-0.15, -0.1) is 0 Å². The Kier molecular flexibility index (Phi) is 5.30. The molecule has 6 heteroatoms. The Labute approximate surface area is 127 Å². The Morgan fingerprint density at radius 2 is 1.64 bits per heavy atom.